The summed E-state index contributed by atoms with van der Waals surface area (Å²) in [6, 6.07) is 8.91. The smallest absolute Gasteiger partial charge is 0.336 e. The van der Waals surface area contributed by atoms with Gasteiger partial charge in [0.1, 0.15) is 5.75 Å². The topological polar surface area (TPSA) is 59.4 Å². The average Bonchev–Trinajstić information content (AvgIpc) is 2.46. The highest BCUT2D eigenvalue weighted by molar-refractivity contribution is 6.21. The predicted octanol–water partition coefficient (Wildman–Crippen LogP) is 3.02. The van der Waals surface area contributed by atoms with E-state index in [9.17, 15) is 9.90 Å². The number of aliphatic carboxylic acids is 1. The molecule has 0 saturated heterocycles. The standard InChI is InChI=1S/C16H15NO3/c1-11-8-13(20-2)5-6-14(11)15(16(18)19)9-12-4-3-7-17-10-12/h3-10H,1-2H3,(H,18,19)/b15-9-. The van der Waals surface area contributed by atoms with Gasteiger partial charge in [0.2, 0.25) is 0 Å². The van der Waals surface area contributed by atoms with Gasteiger partial charge in [-0.05, 0) is 47.9 Å². The molecule has 0 radical (unpaired) electrons. The minimum absolute atomic E-state index is 0.234. The van der Waals surface area contributed by atoms with Gasteiger partial charge in [-0.3, -0.25) is 4.98 Å². The number of carboxylic acids is 1. The summed E-state index contributed by atoms with van der Waals surface area (Å²) in [5, 5.41) is 9.42. The van der Waals surface area contributed by atoms with E-state index in [0.29, 0.717) is 11.3 Å². The van der Waals surface area contributed by atoms with E-state index in [4.69, 9.17) is 4.74 Å². The molecule has 0 saturated carbocycles. The van der Waals surface area contributed by atoms with Crippen molar-refractivity contribution in [3.63, 3.8) is 0 Å². The lowest BCUT2D eigenvalue weighted by Gasteiger charge is -2.09. The fourth-order valence-electron chi connectivity index (χ4n) is 1.95. The van der Waals surface area contributed by atoms with Crippen LogP contribution in [0.5, 0.6) is 5.75 Å². The Morgan fingerprint density at radius 3 is 2.70 bits per heavy atom. The van der Waals surface area contributed by atoms with Gasteiger partial charge in [0.05, 0.1) is 12.7 Å². The Kier molecular flexibility index (Phi) is 4.15. The van der Waals surface area contributed by atoms with Gasteiger partial charge in [-0.2, -0.15) is 0 Å². The molecule has 102 valence electrons. The van der Waals surface area contributed by atoms with E-state index >= 15 is 0 Å². The number of aryl methyl sites for hydroxylation is 1. The normalized spacial score (nSPS) is 11.2. The molecular weight excluding hydrogens is 254 g/mol. The van der Waals surface area contributed by atoms with E-state index in [1.54, 1.807) is 43.8 Å². The molecule has 0 aliphatic heterocycles. The lowest BCUT2D eigenvalue weighted by atomic mass is 9.98. The summed E-state index contributed by atoms with van der Waals surface area (Å²) in [7, 11) is 1.58. The minimum atomic E-state index is -0.970. The van der Waals surface area contributed by atoms with Crippen LogP contribution < -0.4 is 4.74 Å². The lowest BCUT2D eigenvalue weighted by Crippen LogP contribution is -2.02. The zero-order valence-corrected chi connectivity index (χ0v) is 11.3. The van der Waals surface area contributed by atoms with Gasteiger partial charge in [0.25, 0.3) is 0 Å². The zero-order valence-electron chi connectivity index (χ0n) is 11.3. The summed E-state index contributed by atoms with van der Waals surface area (Å²) in [4.78, 5) is 15.5. The molecule has 20 heavy (non-hydrogen) atoms. The van der Waals surface area contributed by atoms with Crippen LogP contribution in [0.3, 0.4) is 0 Å². The molecule has 1 aromatic carbocycles. The van der Waals surface area contributed by atoms with Crippen LogP contribution >= 0.6 is 0 Å². The first kappa shape index (κ1) is 13.8. The van der Waals surface area contributed by atoms with Crippen molar-refractivity contribution < 1.29 is 14.6 Å². The number of hydrogen-bond acceptors (Lipinski definition) is 3. The maximum absolute atomic E-state index is 11.5. The lowest BCUT2D eigenvalue weighted by molar-refractivity contribution is -0.130. The van der Waals surface area contributed by atoms with Gasteiger partial charge >= 0.3 is 5.97 Å². The van der Waals surface area contributed by atoms with Gasteiger partial charge < -0.3 is 9.84 Å². The molecule has 0 unspecified atom stereocenters. The molecule has 4 nitrogen and oxygen atoms in total. The number of hydrogen-bond donors (Lipinski definition) is 1. The molecule has 0 bridgehead atoms. The first-order valence-electron chi connectivity index (χ1n) is 6.12. The molecule has 4 heteroatoms. The van der Waals surface area contributed by atoms with Crippen LogP contribution in [0.4, 0.5) is 0 Å². The Morgan fingerprint density at radius 1 is 1.35 bits per heavy atom. The van der Waals surface area contributed by atoms with E-state index < -0.39 is 5.97 Å². The van der Waals surface area contributed by atoms with Crippen molar-refractivity contribution in [2.45, 2.75) is 6.92 Å². The van der Waals surface area contributed by atoms with Crippen LogP contribution in [0.15, 0.2) is 42.7 Å². The molecule has 1 heterocycles. The van der Waals surface area contributed by atoms with Gasteiger partial charge in [0.15, 0.2) is 0 Å². The summed E-state index contributed by atoms with van der Waals surface area (Å²) < 4.78 is 5.13. The largest absolute Gasteiger partial charge is 0.497 e. The number of pyridine rings is 1. The Morgan fingerprint density at radius 2 is 2.15 bits per heavy atom. The number of aromatic nitrogens is 1. The van der Waals surface area contributed by atoms with E-state index in [1.807, 2.05) is 19.1 Å². The third-order valence-corrected chi connectivity index (χ3v) is 2.95. The van der Waals surface area contributed by atoms with Crippen LogP contribution in [0, 0.1) is 6.92 Å². The number of carbonyl (C=O) groups is 1. The molecule has 2 aromatic rings. The van der Waals surface area contributed by atoms with Crippen LogP contribution in [-0.2, 0) is 4.79 Å². The van der Waals surface area contributed by atoms with Crippen LogP contribution in [0.25, 0.3) is 11.6 Å². The molecule has 0 aliphatic carbocycles. The second kappa shape index (κ2) is 6.02. The van der Waals surface area contributed by atoms with Crippen molar-refractivity contribution in [1.82, 2.24) is 4.98 Å². The number of ether oxygens (including phenoxy) is 1. The van der Waals surface area contributed by atoms with Crippen molar-refractivity contribution in [3.05, 3.63) is 59.4 Å². The number of methoxy groups -OCH3 is 1. The molecule has 0 fully saturated rings. The summed E-state index contributed by atoms with van der Waals surface area (Å²) in [6.45, 7) is 1.86. The summed E-state index contributed by atoms with van der Waals surface area (Å²) in [5.41, 5.74) is 2.50. The molecular formula is C16H15NO3. The van der Waals surface area contributed by atoms with Crippen molar-refractivity contribution in [1.29, 1.82) is 0 Å². The van der Waals surface area contributed by atoms with Crippen LogP contribution in [0.1, 0.15) is 16.7 Å². The molecule has 0 spiro atoms. The second-order valence-electron chi connectivity index (χ2n) is 4.33. The van der Waals surface area contributed by atoms with Crippen molar-refractivity contribution in [2.24, 2.45) is 0 Å². The number of rotatable bonds is 4. The van der Waals surface area contributed by atoms with Crippen molar-refractivity contribution >= 4 is 17.6 Å². The zero-order chi connectivity index (χ0) is 14.5. The van der Waals surface area contributed by atoms with E-state index in [-0.39, 0.29) is 5.57 Å². The minimum Gasteiger partial charge on any atom is -0.497 e. The monoisotopic (exact) mass is 269 g/mol. The average molecular weight is 269 g/mol. The molecule has 1 aromatic heterocycles. The first-order chi connectivity index (χ1) is 9.61. The number of nitrogens with zero attached hydrogens (tertiary/aromatic N) is 1. The van der Waals surface area contributed by atoms with Crippen LogP contribution in [0.2, 0.25) is 0 Å². The Balaban J connectivity index is 2.50. The first-order valence-corrected chi connectivity index (χ1v) is 6.12. The van der Waals surface area contributed by atoms with Gasteiger partial charge in [-0.1, -0.05) is 12.1 Å². The summed E-state index contributed by atoms with van der Waals surface area (Å²) >= 11 is 0. The maximum atomic E-state index is 11.5. The molecule has 0 amide bonds. The van der Waals surface area contributed by atoms with E-state index in [2.05, 4.69) is 4.98 Å². The van der Waals surface area contributed by atoms with Gasteiger partial charge in [0, 0.05) is 12.4 Å². The van der Waals surface area contributed by atoms with E-state index in [0.717, 1.165) is 11.1 Å². The molecule has 2 rings (SSSR count). The Hall–Kier alpha value is -2.62. The fourth-order valence-corrected chi connectivity index (χ4v) is 1.95. The molecule has 0 atom stereocenters. The quantitative estimate of drug-likeness (QED) is 0.867. The number of benzene rings is 1. The number of carboxylic acid groups (broad SMARTS) is 1. The van der Waals surface area contributed by atoms with Gasteiger partial charge in [-0.15, -0.1) is 0 Å². The fraction of sp³-hybridized carbons (Fsp3) is 0.125. The van der Waals surface area contributed by atoms with Crippen molar-refractivity contribution in [2.75, 3.05) is 7.11 Å². The van der Waals surface area contributed by atoms with Gasteiger partial charge in [-0.25, -0.2) is 4.79 Å². The highest BCUT2D eigenvalue weighted by Crippen LogP contribution is 2.25. The Labute approximate surface area is 117 Å². The summed E-state index contributed by atoms with van der Waals surface area (Å²) in [6.07, 6.45) is 4.89. The van der Waals surface area contributed by atoms with E-state index in [1.165, 1.54) is 0 Å². The maximum Gasteiger partial charge on any atom is 0.336 e. The van der Waals surface area contributed by atoms with Crippen molar-refractivity contribution in [3.8, 4) is 5.75 Å². The molecule has 0 aliphatic rings. The SMILES string of the molecule is COc1ccc(/C(=C/c2cccnc2)C(=O)O)c(C)c1. The van der Waals surface area contributed by atoms with Crippen LogP contribution in [-0.4, -0.2) is 23.2 Å². The highest BCUT2D eigenvalue weighted by Gasteiger charge is 2.13. The Bertz CT molecular complexity index is 648. The molecule has 1 N–H and O–H groups in total. The third-order valence-electron chi connectivity index (χ3n) is 2.95. The summed E-state index contributed by atoms with van der Waals surface area (Å²) in [5.74, 6) is -0.264. The predicted molar refractivity (Wildman–Crippen MR) is 77.5 cm³/mol. The second-order valence-corrected chi connectivity index (χ2v) is 4.33. The highest BCUT2D eigenvalue weighted by atomic mass is 16.5. The third kappa shape index (κ3) is 3.03.